The van der Waals surface area contributed by atoms with Gasteiger partial charge in [-0.05, 0) is 42.0 Å². The van der Waals surface area contributed by atoms with Crippen molar-refractivity contribution in [3.8, 4) is 22.3 Å². The first-order valence-corrected chi connectivity index (χ1v) is 10.5. The van der Waals surface area contributed by atoms with Gasteiger partial charge < -0.3 is 9.30 Å². The molecule has 0 amide bonds. The second kappa shape index (κ2) is 8.02. The summed E-state index contributed by atoms with van der Waals surface area (Å²) in [4.78, 5) is 23.3. The summed E-state index contributed by atoms with van der Waals surface area (Å²) in [5.74, 6) is -0.268. The Bertz CT molecular complexity index is 1130. The van der Waals surface area contributed by atoms with Crippen molar-refractivity contribution in [1.82, 2.24) is 4.57 Å². The largest absolute Gasteiger partial charge is 0.466 e. The first kappa shape index (κ1) is 20.8. The molecule has 2 heterocycles. The first-order chi connectivity index (χ1) is 14.8. The molecule has 6 heteroatoms. The van der Waals surface area contributed by atoms with Crippen molar-refractivity contribution in [2.24, 2.45) is 5.41 Å². The van der Waals surface area contributed by atoms with Crippen LogP contribution in [0.4, 0.5) is 5.69 Å². The molecule has 2 aromatic carbocycles. The van der Waals surface area contributed by atoms with Crippen LogP contribution < -0.4 is 0 Å². The van der Waals surface area contributed by atoms with Crippen LogP contribution in [-0.2, 0) is 28.9 Å². The van der Waals surface area contributed by atoms with Crippen molar-refractivity contribution < 1.29 is 14.5 Å². The number of hydrogen-bond donors (Lipinski definition) is 0. The lowest BCUT2D eigenvalue weighted by molar-refractivity contribution is -0.384. The number of ether oxygens (including phenoxy) is 1. The molecule has 6 nitrogen and oxygen atoms in total. The van der Waals surface area contributed by atoms with Crippen LogP contribution in [0.3, 0.4) is 0 Å². The van der Waals surface area contributed by atoms with E-state index in [1.54, 1.807) is 19.1 Å². The van der Waals surface area contributed by atoms with Gasteiger partial charge in [0, 0.05) is 41.2 Å². The second-order valence-corrected chi connectivity index (χ2v) is 8.72. The molecule has 0 saturated carbocycles. The third-order valence-corrected chi connectivity index (χ3v) is 5.76. The highest BCUT2D eigenvalue weighted by molar-refractivity contribution is 5.90. The van der Waals surface area contributed by atoms with Gasteiger partial charge in [-0.3, -0.25) is 14.9 Å². The van der Waals surface area contributed by atoms with Crippen molar-refractivity contribution in [3.63, 3.8) is 0 Å². The highest BCUT2D eigenvalue weighted by atomic mass is 16.6. The van der Waals surface area contributed by atoms with E-state index in [9.17, 15) is 14.9 Å². The summed E-state index contributed by atoms with van der Waals surface area (Å²) in [6, 6.07) is 16.7. The SMILES string of the molecule is CCOC(=O)Cc1c(-c2ccc([N+](=O)[O-])cc2)c(-c2ccccc2)c2n1CC(C)(C)C2. The molecule has 0 radical (unpaired) electrons. The number of fused-ring (bicyclic) bond motifs is 1. The zero-order valence-corrected chi connectivity index (χ0v) is 18.1. The Morgan fingerprint density at radius 1 is 1.06 bits per heavy atom. The zero-order valence-electron chi connectivity index (χ0n) is 18.1. The maximum Gasteiger partial charge on any atom is 0.311 e. The molecule has 0 fully saturated rings. The van der Waals surface area contributed by atoms with Crippen molar-refractivity contribution in [2.75, 3.05) is 6.61 Å². The molecule has 0 atom stereocenters. The Labute approximate surface area is 181 Å². The number of rotatable bonds is 6. The van der Waals surface area contributed by atoms with Gasteiger partial charge in [0.15, 0.2) is 0 Å². The first-order valence-electron chi connectivity index (χ1n) is 10.5. The molecular formula is C25H26N2O4. The number of hydrogen-bond acceptors (Lipinski definition) is 4. The highest BCUT2D eigenvalue weighted by Crippen LogP contribution is 2.47. The Hall–Kier alpha value is -3.41. The molecule has 0 aliphatic carbocycles. The van der Waals surface area contributed by atoms with Crippen LogP contribution in [0.15, 0.2) is 54.6 Å². The molecule has 0 spiro atoms. The molecular weight excluding hydrogens is 392 g/mol. The second-order valence-electron chi connectivity index (χ2n) is 8.72. The number of carbonyl (C=O) groups excluding carboxylic acids is 1. The number of non-ortho nitro benzene ring substituents is 1. The van der Waals surface area contributed by atoms with Gasteiger partial charge in [-0.2, -0.15) is 0 Å². The lowest BCUT2D eigenvalue weighted by Crippen LogP contribution is -2.16. The van der Waals surface area contributed by atoms with E-state index >= 15 is 0 Å². The summed E-state index contributed by atoms with van der Waals surface area (Å²) in [7, 11) is 0. The van der Waals surface area contributed by atoms with Gasteiger partial charge in [0.1, 0.15) is 0 Å². The third kappa shape index (κ3) is 3.98. The van der Waals surface area contributed by atoms with Crippen molar-refractivity contribution in [1.29, 1.82) is 0 Å². The van der Waals surface area contributed by atoms with Crippen LogP contribution in [-0.4, -0.2) is 22.1 Å². The fraction of sp³-hybridized carbons (Fsp3) is 0.320. The Balaban J connectivity index is 1.96. The summed E-state index contributed by atoms with van der Waals surface area (Å²) in [5, 5.41) is 11.1. The van der Waals surface area contributed by atoms with Gasteiger partial charge in [-0.25, -0.2) is 0 Å². The molecule has 0 bridgehead atoms. The normalized spacial score (nSPS) is 14.3. The number of nitro benzene ring substituents is 1. The summed E-state index contributed by atoms with van der Waals surface area (Å²) in [6.45, 7) is 7.40. The molecule has 3 aromatic rings. The van der Waals surface area contributed by atoms with Crippen LogP contribution >= 0.6 is 0 Å². The van der Waals surface area contributed by atoms with E-state index in [0.717, 1.165) is 40.9 Å². The molecule has 0 unspecified atom stereocenters. The predicted molar refractivity (Wildman–Crippen MR) is 120 cm³/mol. The van der Waals surface area contributed by atoms with E-state index in [1.165, 1.54) is 17.8 Å². The monoisotopic (exact) mass is 418 g/mol. The lowest BCUT2D eigenvalue weighted by atomic mass is 9.86. The molecule has 31 heavy (non-hydrogen) atoms. The van der Waals surface area contributed by atoms with E-state index in [1.807, 2.05) is 18.2 Å². The smallest absolute Gasteiger partial charge is 0.311 e. The quantitative estimate of drug-likeness (QED) is 0.304. The van der Waals surface area contributed by atoms with E-state index in [-0.39, 0.29) is 23.5 Å². The summed E-state index contributed by atoms with van der Waals surface area (Å²) < 4.78 is 7.53. The molecule has 4 rings (SSSR count). The predicted octanol–water partition coefficient (Wildman–Crippen LogP) is 5.42. The van der Waals surface area contributed by atoms with Crippen molar-refractivity contribution in [2.45, 2.75) is 40.2 Å². The van der Waals surface area contributed by atoms with Gasteiger partial charge in [0.05, 0.1) is 18.0 Å². The average molecular weight is 418 g/mol. The maximum absolute atomic E-state index is 12.5. The number of nitro groups is 1. The minimum Gasteiger partial charge on any atom is -0.466 e. The zero-order chi connectivity index (χ0) is 22.2. The van der Waals surface area contributed by atoms with Gasteiger partial charge in [0.2, 0.25) is 0 Å². The number of nitrogens with zero attached hydrogens (tertiary/aromatic N) is 2. The van der Waals surface area contributed by atoms with Crippen LogP contribution in [0.25, 0.3) is 22.3 Å². The average Bonchev–Trinajstić information content (AvgIpc) is 3.19. The number of carbonyl (C=O) groups is 1. The summed E-state index contributed by atoms with van der Waals surface area (Å²) >= 11 is 0. The van der Waals surface area contributed by atoms with Crippen LogP contribution in [0.2, 0.25) is 0 Å². The fourth-order valence-corrected chi connectivity index (χ4v) is 4.54. The molecule has 0 N–H and O–H groups in total. The van der Waals surface area contributed by atoms with Crippen molar-refractivity contribution >= 4 is 11.7 Å². The number of benzene rings is 2. The fourth-order valence-electron chi connectivity index (χ4n) is 4.54. The summed E-state index contributed by atoms with van der Waals surface area (Å²) in [5.41, 5.74) is 6.23. The summed E-state index contributed by atoms with van der Waals surface area (Å²) in [6.07, 6.45) is 1.05. The Morgan fingerprint density at radius 2 is 1.71 bits per heavy atom. The van der Waals surface area contributed by atoms with Gasteiger partial charge in [0.25, 0.3) is 5.69 Å². The van der Waals surface area contributed by atoms with Gasteiger partial charge in [-0.1, -0.05) is 44.2 Å². The van der Waals surface area contributed by atoms with E-state index in [2.05, 4.69) is 30.5 Å². The Kier molecular flexibility index (Phi) is 5.39. The third-order valence-electron chi connectivity index (χ3n) is 5.76. The molecule has 1 aliphatic heterocycles. The van der Waals surface area contributed by atoms with Crippen LogP contribution in [0, 0.1) is 15.5 Å². The van der Waals surface area contributed by atoms with Crippen LogP contribution in [0.5, 0.6) is 0 Å². The number of aromatic nitrogens is 1. The van der Waals surface area contributed by atoms with E-state index in [0.29, 0.717) is 6.61 Å². The van der Waals surface area contributed by atoms with E-state index in [4.69, 9.17) is 4.74 Å². The molecule has 1 aromatic heterocycles. The molecule has 160 valence electrons. The minimum atomic E-state index is -0.399. The van der Waals surface area contributed by atoms with Crippen molar-refractivity contribution in [3.05, 3.63) is 76.1 Å². The van der Waals surface area contributed by atoms with Gasteiger partial charge in [-0.15, -0.1) is 0 Å². The standard InChI is InChI=1S/C25H26N2O4/c1-4-31-22(28)14-20-23(18-10-12-19(13-11-18)27(29)30)24(17-8-6-5-7-9-17)21-15-25(2,3)16-26(20)21/h5-13H,4,14-16H2,1-3H3. The Morgan fingerprint density at radius 3 is 2.32 bits per heavy atom. The molecule has 0 saturated heterocycles. The van der Waals surface area contributed by atoms with Gasteiger partial charge >= 0.3 is 5.97 Å². The lowest BCUT2D eigenvalue weighted by Gasteiger charge is -2.19. The number of esters is 1. The highest BCUT2D eigenvalue weighted by Gasteiger charge is 2.36. The van der Waals surface area contributed by atoms with E-state index < -0.39 is 4.92 Å². The topological polar surface area (TPSA) is 74.4 Å². The minimum absolute atomic E-state index is 0.0461. The van der Waals surface area contributed by atoms with Crippen LogP contribution in [0.1, 0.15) is 32.2 Å². The molecule has 1 aliphatic rings. The maximum atomic E-state index is 12.5.